The van der Waals surface area contributed by atoms with Crippen LogP contribution in [0.4, 0.5) is 11.4 Å². The van der Waals surface area contributed by atoms with E-state index in [1.54, 1.807) is 24.5 Å². The predicted octanol–water partition coefficient (Wildman–Crippen LogP) is 3.31. The molecular formula is C25H29N5O4. The number of carbonyl (C=O) groups excluding carboxylic acids is 2. The number of carbonyl (C=O) groups is 2. The van der Waals surface area contributed by atoms with E-state index in [1.165, 1.54) is 6.42 Å². The topological polar surface area (TPSA) is 104 Å². The fraction of sp³-hybridized carbons (Fsp3) is 0.400. The summed E-state index contributed by atoms with van der Waals surface area (Å²) in [4.78, 5) is 30.0. The predicted molar refractivity (Wildman–Crippen MR) is 128 cm³/mol. The van der Waals surface area contributed by atoms with Crippen molar-refractivity contribution in [3.8, 4) is 11.3 Å². The maximum absolute atomic E-state index is 13.1. The van der Waals surface area contributed by atoms with Crippen molar-refractivity contribution in [1.29, 1.82) is 0 Å². The molecule has 178 valence electrons. The number of nitrogens with zero attached hydrogens (tertiary/aromatic N) is 3. The van der Waals surface area contributed by atoms with Gasteiger partial charge in [0.15, 0.2) is 5.76 Å². The normalized spacial score (nSPS) is 16.5. The van der Waals surface area contributed by atoms with Gasteiger partial charge in [-0.25, -0.2) is 0 Å². The average molecular weight is 464 g/mol. The van der Waals surface area contributed by atoms with Crippen LogP contribution in [-0.4, -0.2) is 66.3 Å². The Morgan fingerprint density at radius 3 is 2.62 bits per heavy atom. The average Bonchev–Trinajstić information content (AvgIpc) is 3.58. The van der Waals surface area contributed by atoms with Crippen LogP contribution in [-0.2, 0) is 16.0 Å². The number of rotatable bonds is 6. The molecule has 2 fully saturated rings. The van der Waals surface area contributed by atoms with Crippen molar-refractivity contribution in [2.75, 3.05) is 49.6 Å². The van der Waals surface area contributed by atoms with Crippen molar-refractivity contribution in [3.63, 3.8) is 0 Å². The van der Waals surface area contributed by atoms with E-state index in [9.17, 15) is 9.59 Å². The lowest BCUT2D eigenvalue weighted by atomic mass is 10.1. The zero-order valence-electron chi connectivity index (χ0n) is 19.1. The van der Waals surface area contributed by atoms with Crippen molar-refractivity contribution in [1.82, 2.24) is 15.1 Å². The fourth-order valence-electron chi connectivity index (χ4n) is 4.49. The summed E-state index contributed by atoms with van der Waals surface area (Å²) in [7, 11) is 0. The molecule has 9 nitrogen and oxygen atoms in total. The molecule has 2 N–H and O–H groups in total. The van der Waals surface area contributed by atoms with Gasteiger partial charge in [0.1, 0.15) is 5.76 Å². The van der Waals surface area contributed by atoms with Crippen molar-refractivity contribution in [2.45, 2.75) is 25.7 Å². The summed E-state index contributed by atoms with van der Waals surface area (Å²) < 4.78 is 11.1. The highest BCUT2D eigenvalue weighted by atomic mass is 16.5. The molecule has 34 heavy (non-hydrogen) atoms. The van der Waals surface area contributed by atoms with Gasteiger partial charge in [-0.2, -0.15) is 5.10 Å². The molecule has 2 saturated heterocycles. The summed E-state index contributed by atoms with van der Waals surface area (Å²) in [5, 5.41) is 9.70. The molecule has 4 heterocycles. The number of anilines is 2. The Morgan fingerprint density at radius 1 is 1.03 bits per heavy atom. The van der Waals surface area contributed by atoms with Gasteiger partial charge in [-0.1, -0.05) is 6.07 Å². The highest BCUT2D eigenvalue weighted by Gasteiger charge is 2.21. The highest BCUT2D eigenvalue weighted by Crippen LogP contribution is 2.31. The summed E-state index contributed by atoms with van der Waals surface area (Å²) in [5.74, 6) is 0.530. The molecule has 0 radical (unpaired) electrons. The standard InChI is InChI=1S/C25H29N5O4/c31-24(30-10-12-33-13-11-30)15-18-4-5-21(29-8-2-1-3-9-29)20(14-18)28-25(32)23-7-6-22(34-23)19-16-26-27-17-19/h4-7,14,16-17H,1-3,8-13,15H2,(H,26,27)(H,28,32). The first kappa shape index (κ1) is 22.2. The monoisotopic (exact) mass is 463 g/mol. The lowest BCUT2D eigenvalue weighted by Crippen LogP contribution is -2.41. The number of benzene rings is 1. The van der Waals surface area contributed by atoms with Crippen LogP contribution in [0.5, 0.6) is 0 Å². The lowest BCUT2D eigenvalue weighted by Gasteiger charge is -2.31. The number of amides is 2. The second kappa shape index (κ2) is 10.1. The molecule has 2 aliphatic rings. The van der Waals surface area contributed by atoms with E-state index >= 15 is 0 Å². The number of nitrogens with one attached hydrogen (secondary N) is 2. The first-order valence-corrected chi connectivity index (χ1v) is 11.8. The van der Waals surface area contributed by atoms with E-state index in [1.807, 2.05) is 23.1 Å². The lowest BCUT2D eigenvalue weighted by molar-refractivity contribution is -0.134. The maximum Gasteiger partial charge on any atom is 0.291 e. The second-order valence-corrected chi connectivity index (χ2v) is 8.67. The number of aromatic nitrogens is 2. The van der Waals surface area contributed by atoms with Crippen LogP contribution >= 0.6 is 0 Å². The van der Waals surface area contributed by atoms with Crippen molar-refractivity contribution in [2.24, 2.45) is 0 Å². The molecule has 2 amide bonds. The number of aromatic amines is 1. The molecule has 0 saturated carbocycles. The van der Waals surface area contributed by atoms with Crippen LogP contribution in [0.2, 0.25) is 0 Å². The van der Waals surface area contributed by atoms with E-state index in [-0.39, 0.29) is 24.0 Å². The van der Waals surface area contributed by atoms with Crippen LogP contribution in [0.15, 0.2) is 47.1 Å². The van der Waals surface area contributed by atoms with Crippen LogP contribution in [0.1, 0.15) is 35.4 Å². The van der Waals surface area contributed by atoms with Crippen LogP contribution < -0.4 is 10.2 Å². The Balaban J connectivity index is 1.37. The zero-order chi connectivity index (χ0) is 23.3. The van der Waals surface area contributed by atoms with Gasteiger partial charge < -0.3 is 24.3 Å². The van der Waals surface area contributed by atoms with Gasteiger partial charge in [0.2, 0.25) is 5.91 Å². The van der Waals surface area contributed by atoms with E-state index in [4.69, 9.17) is 9.15 Å². The molecule has 0 aliphatic carbocycles. The van der Waals surface area contributed by atoms with Crippen LogP contribution in [0, 0.1) is 0 Å². The quantitative estimate of drug-likeness (QED) is 0.581. The molecule has 3 aromatic rings. The van der Waals surface area contributed by atoms with Crippen molar-refractivity contribution >= 4 is 23.2 Å². The number of hydrogen-bond donors (Lipinski definition) is 2. The van der Waals surface area contributed by atoms with Crippen LogP contribution in [0.25, 0.3) is 11.3 Å². The largest absolute Gasteiger partial charge is 0.451 e. The van der Waals surface area contributed by atoms with Gasteiger partial charge in [-0.05, 0) is 49.1 Å². The molecule has 9 heteroatoms. The van der Waals surface area contributed by atoms with Gasteiger partial charge in [0.05, 0.1) is 42.8 Å². The summed E-state index contributed by atoms with van der Waals surface area (Å²) in [5.41, 5.74) is 3.31. The molecule has 5 rings (SSSR count). The molecule has 0 atom stereocenters. The summed E-state index contributed by atoms with van der Waals surface area (Å²) in [6.45, 7) is 4.27. The third kappa shape index (κ3) is 4.99. The van der Waals surface area contributed by atoms with Crippen molar-refractivity contribution in [3.05, 3.63) is 54.0 Å². The Bertz CT molecular complexity index is 1130. The van der Waals surface area contributed by atoms with E-state index in [2.05, 4.69) is 20.4 Å². The third-order valence-corrected chi connectivity index (χ3v) is 6.34. The first-order valence-electron chi connectivity index (χ1n) is 11.8. The minimum absolute atomic E-state index is 0.0714. The second-order valence-electron chi connectivity index (χ2n) is 8.67. The molecule has 2 aliphatic heterocycles. The molecule has 0 bridgehead atoms. The zero-order valence-corrected chi connectivity index (χ0v) is 19.1. The number of ether oxygens (including phenoxy) is 1. The highest BCUT2D eigenvalue weighted by molar-refractivity contribution is 6.04. The van der Waals surface area contributed by atoms with Gasteiger partial charge in [-0.15, -0.1) is 0 Å². The summed E-state index contributed by atoms with van der Waals surface area (Å²) in [6.07, 6.45) is 7.10. The summed E-state index contributed by atoms with van der Waals surface area (Å²) in [6, 6.07) is 9.33. The minimum atomic E-state index is -0.329. The minimum Gasteiger partial charge on any atom is -0.451 e. The fourth-order valence-corrected chi connectivity index (χ4v) is 4.49. The SMILES string of the molecule is O=C(Nc1cc(CC(=O)N2CCOCC2)ccc1N1CCCCC1)c1ccc(-c2cn[nH]c2)o1. The molecular weight excluding hydrogens is 434 g/mol. The molecule has 1 aromatic carbocycles. The molecule has 0 spiro atoms. The number of furan rings is 1. The number of piperidine rings is 1. The molecule has 0 unspecified atom stereocenters. The van der Waals surface area contributed by atoms with Crippen LogP contribution in [0.3, 0.4) is 0 Å². The van der Waals surface area contributed by atoms with E-state index in [0.29, 0.717) is 37.8 Å². The van der Waals surface area contributed by atoms with E-state index in [0.717, 1.165) is 42.7 Å². The third-order valence-electron chi connectivity index (χ3n) is 6.34. The van der Waals surface area contributed by atoms with Crippen molar-refractivity contribution < 1.29 is 18.7 Å². The molecule has 2 aromatic heterocycles. The smallest absolute Gasteiger partial charge is 0.291 e. The maximum atomic E-state index is 13.1. The summed E-state index contributed by atoms with van der Waals surface area (Å²) >= 11 is 0. The number of hydrogen-bond acceptors (Lipinski definition) is 6. The van der Waals surface area contributed by atoms with Gasteiger partial charge in [0.25, 0.3) is 5.91 Å². The number of morpholine rings is 1. The van der Waals surface area contributed by atoms with E-state index < -0.39 is 0 Å². The Kier molecular flexibility index (Phi) is 6.62. The Labute approximate surface area is 198 Å². The van der Waals surface area contributed by atoms with Gasteiger partial charge >= 0.3 is 0 Å². The number of H-pyrrole nitrogens is 1. The first-order chi connectivity index (χ1) is 16.7. The van der Waals surface area contributed by atoms with Gasteiger partial charge in [-0.3, -0.25) is 14.7 Å². The Morgan fingerprint density at radius 2 is 1.85 bits per heavy atom. The Hall–Kier alpha value is -3.59. The van der Waals surface area contributed by atoms with Gasteiger partial charge in [0, 0.05) is 32.4 Å².